The van der Waals surface area contributed by atoms with Gasteiger partial charge in [0, 0.05) is 24.5 Å². The number of carbonyl (C=O) groups is 1. The van der Waals surface area contributed by atoms with Crippen LogP contribution in [0.3, 0.4) is 0 Å². The first kappa shape index (κ1) is 16.9. The molecule has 1 saturated carbocycles. The van der Waals surface area contributed by atoms with Crippen molar-refractivity contribution in [3.63, 3.8) is 0 Å². The van der Waals surface area contributed by atoms with E-state index in [1.165, 1.54) is 11.3 Å². The molecule has 0 spiro atoms. The van der Waals surface area contributed by atoms with Gasteiger partial charge in [0.15, 0.2) is 0 Å². The number of thiazole rings is 1. The molecule has 1 amide bonds. The van der Waals surface area contributed by atoms with Crippen LogP contribution in [-0.2, 0) is 0 Å². The number of ether oxygens (including phenoxy) is 1. The van der Waals surface area contributed by atoms with Crippen LogP contribution in [0.1, 0.15) is 30.3 Å². The highest BCUT2D eigenvalue weighted by atomic mass is 32.1. The third kappa shape index (κ3) is 3.94. The van der Waals surface area contributed by atoms with Gasteiger partial charge in [-0.05, 0) is 49.9 Å². The van der Waals surface area contributed by atoms with Gasteiger partial charge in [0.1, 0.15) is 16.5 Å². The molecular weight excluding hydrogens is 324 g/mol. The van der Waals surface area contributed by atoms with E-state index in [2.05, 4.69) is 4.98 Å². The van der Waals surface area contributed by atoms with Crippen molar-refractivity contribution in [2.75, 3.05) is 20.2 Å². The number of aliphatic hydroxyl groups excluding tert-OH is 1. The second-order valence-electron chi connectivity index (χ2n) is 6.09. The second-order valence-corrected chi connectivity index (χ2v) is 6.94. The molecule has 128 valence electrons. The van der Waals surface area contributed by atoms with E-state index in [1.807, 2.05) is 31.2 Å². The third-order valence-electron chi connectivity index (χ3n) is 4.11. The van der Waals surface area contributed by atoms with Crippen molar-refractivity contribution in [2.24, 2.45) is 5.92 Å². The van der Waals surface area contributed by atoms with Crippen LogP contribution in [0, 0.1) is 5.92 Å². The molecule has 1 aromatic heterocycles. The molecule has 5 nitrogen and oxygen atoms in total. The lowest BCUT2D eigenvalue weighted by atomic mass is 10.2. The molecular formula is C18H22N2O3S. The van der Waals surface area contributed by atoms with E-state index < -0.39 is 6.10 Å². The van der Waals surface area contributed by atoms with Crippen LogP contribution in [0.4, 0.5) is 0 Å². The molecule has 0 aliphatic heterocycles. The lowest BCUT2D eigenvalue weighted by Crippen LogP contribution is -2.35. The minimum atomic E-state index is -0.428. The van der Waals surface area contributed by atoms with Crippen LogP contribution in [0.15, 0.2) is 29.6 Å². The average Bonchev–Trinajstić information content (AvgIpc) is 3.33. The third-order valence-corrected chi connectivity index (χ3v) is 5.00. The molecule has 1 aromatic carbocycles. The van der Waals surface area contributed by atoms with Gasteiger partial charge in [-0.25, -0.2) is 4.98 Å². The van der Waals surface area contributed by atoms with Gasteiger partial charge < -0.3 is 14.7 Å². The predicted octanol–water partition coefficient (Wildman–Crippen LogP) is 3.05. The summed E-state index contributed by atoms with van der Waals surface area (Å²) in [6.07, 6.45) is 1.69. The van der Waals surface area contributed by atoms with Crippen molar-refractivity contribution < 1.29 is 14.6 Å². The fourth-order valence-electron chi connectivity index (χ4n) is 2.55. The number of benzene rings is 1. The summed E-state index contributed by atoms with van der Waals surface area (Å²) in [4.78, 5) is 18.5. The zero-order valence-corrected chi connectivity index (χ0v) is 14.8. The molecule has 0 bridgehead atoms. The van der Waals surface area contributed by atoms with Gasteiger partial charge in [0.2, 0.25) is 0 Å². The number of hydrogen-bond donors (Lipinski definition) is 1. The first-order valence-electron chi connectivity index (χ1n) is 8.20. The van der Waals surface area contributed by atoms with Crippen LogP contribution >= 0.6 is 11.3 Å². The molecule has 3 rings (SSSR count). The molecule has 6 heteroatoms. The van der Waals surface area contributed by atoms with E-state index in [4.69, 9.17) is 4.74 Å². The predicted molar refractivity (Wildman–Crippen MR) is 94.4 cm³/mol. The Labute approximate surface area is 145 Å². The maximum Gasteiger partial charge on any atom is 0.273 e. The molecule has 1 unspecified atom stereocenters. The van der Waals surface area contributed by atoms with Gasteiger partial charge in [-0.15, -0.1) is 11.3 Å². The highest BCUT2D eigenvalue weighted by Gasteiger charge is 2.31. The number of aromatic nitrogens is 1. The van der Waals surface area contributed by atoms with Crippen LogP contribution in [-0.4, -0.2) is 47.2 Å². The number of aliphatic hydroxyl groups is 1. The second kappa shape index (κ2) is 7.32. The largest absolute Gasteiger partial charge is 0.494 e. The summed E-state index contributed by atoms with van der Waals surface area (Å²) in [5.41, 5.74) is 1.39. The molecule has 2 aromatic rings. The summed E-state index contributed by atoms with van der Waals surface area (Å²) < 4.78 is 5.43. The maximum absolute atomic E-state index is 12.4. The Balaban J connectivity index is 1.66. The van der Waals surface area contributed by atoms with E-state index in [1.54, 1.807) is 17.3 Å². The van der Waals surface area contributed by atoms with Crippen molar-refractivity contribution in [1.82, 2.24) is 9.88 Å². The molecule has 0 radical (unpaired) electrons. The standard InChI is InChI=1S/C18H22N2O3S/c1-3-23-14-8-6-13(7-9-14)17-19-15(11-24-17)18(22)20(2)10-16(21)12-4-5-12/h6-9,11-12,16,21H,3-5,10H2,1-2H3. The number of likely N-dealkylation sites (N-methyl/N-ethyl adjacent to an activating group) is 1. The van der Waals surface area contributed by atoms with Crippen LogP contribution in [0.2, 0.25) is 0 Å². The molecule has 1 aliphatic rings. The maximum atomic E-state index is 12.4. The van der Waals surface area contributed by atoms with Crippen molar-refractivity contribution in [2.45, 2.75) is 25.9 Å². The normalized spacial score (nSPS) is 15.1. The number of rotatable bonds is 7. The summed E-state index contributed by atoms with van der Waals surface area (Å²) >= 11 is 1.44. The summed E-state index contributed by atoms with van der Waals surface area (Å²) in [5, 5.41) is 12.6. The van der Waals surface area contributed by atoms with Gasteiger partial charge >= 0.3 is 0 Å². The van der Waals surface area contributed by atoms with E-state index in [9.17, 15) is 9.90 Å². The first-order valence-corrected chi connectivity index (χ1v) is 9.08. The summed E-state index contributed by atoms with van der Waals surface area (Å²) in [6.45, 7) is 2.94. The number of hydrogen-bond acceptors (Lipinski definition) is 5. The number of carbonyl (C=O) groups excluding carboxylic acids is 1. The Morgan fingerprint density at radius 2 is 2.12 bits per heavy atom. The van der Waals surface area contributed by atoms with E-state index in [0.717, 1.165) is 29.2 Å². The van der Waals surface area contributed by atoms with Crippen molar-refractivity contribution >= 4 is 17.2 Å². The topological polar surface area (TPSA) is 62.7 Å². The Bertz CT molecular complexity index is 695. The SMILES string of the molecule is CCOc1ccc(-c2nc(C(=O)N(C)CC(O)C3CC3)cs2)cc1. The molecule has 1 fully saturated rings. The quantitative estimate of drug-likeness (QED) is 0.837. The molecule has 1 aliphatic carbocycles. The highest BCUT2D eigenvalue weighted by molar-refractivity contribution is 7.13. The molecule has 1 heterocycles. The minimum Gasteiger partial charge on any atom is -0.494 e. The lowest BCUT2D eigenvalue weighted by Gasteiger charge is -2.19. The van der Waals surface area contributed by atoms with Crippen LogP contribution in [0.25, 0.3) is 10.6 Å². The molecule has 1 atom stereocenters. The van der Waals surface area contributed by atoms with Gasteiger partial charge in [-0.2, -0.15) is 0 Å². The number of nitrogens with zero attached hydrogens (tertiary/aromatic N) is 2. The summed E-state index contributed by atoms with van der Waals surface area (Å²) in [5.74, 6) is 1.03. The van der Waals surface area contributed by atoms with E-state index in [0.29, 0.717) is 24.8 Å². The lowest BCUT2D eigenvalue weighted by molar-refractivity contribution is 0.0641. The minimum absolute atomic E-state index is 0.150. The van der Waals surface area contributed by atoms with Crippen molar-refractivity contribution in [3.8, 4) is 16.3 Å². The Morgan fingerprint density at radius 3 is 2.75 bits per heavy atom. The molecule has 24 heavy (non-hydrogen) atoms. The highest BCUT2D eigenvalue weighted by Crippen LogP contribution is 2.33. The number of amides is 1. The molecule has 1 N–H and O–H groups in total. The zero-order chi connectivity index (χ0) is 17.1. The van der Waals surface area contributed by atoms with Gasteiger partial charge in [0.25, 0.3) is 5.91 Å². The Kier molecular flexibility index (Phi) is 5.16. The van der Waals surface area contributed by atoms with E-state index in [-0.39, 0.29) is 5.91 Å². The Hall–Kier alpha value is -1.92. The van der Waals surface area contributed by atoms with Gasteiger partial charge in [-0.1, -0.05) is 0 Å². The monoisotopic (exact) mass is 346 g/mol. The zero-order valence-electron chi connectivity index (χ0n) is 13.9. The van der Waals surface area contributed by atoms with Gasteiger partial charge in [-0.3, -0.25) is 4.79 Å². The fraction of sp³-hybridized carbons (Fsp3) is 0.444. The van der Waals surface area contributed by atoms with Crippen molar-refractivity contribution in [3.05, 3.63) is 35.3 Å². The van der Waals surface area contributed by atoms with Crippen molar-refractivity contribution in [1.29, 1.82) is 0 Å². The Morgan fingerprint density at radius 1 is 1.42 bits per heavy atom. The van der Waals surface area contributed by atoms with Crippen LogP contribution in [0.5, 0.6) is 5.75 Å². The van der Waals surface area contributed by atoms with Crippen LogP contribution < -0.4 is 4.74 Å². The molecule has 0 saturated heterocycles. The summed E-state index contributed by atoms with van der Waals surface area (Å²) in [7, 11) is 1.71. The summed E-state index contributed by atoms with van der Waals surface area (Å²) in [6, 6.07) is 7.69. The van der Waals surface area contributed by atoms with Gasteiger partial charge in [0.05, 0.1) is 12.7 Å². The smallest absolute Gasteiger partial charge is 0.273 e. The average molecular weight is 346 g/mol. The fourth-order valence-corrected chi connectivity index (χ4v) is 3.35. The first-order chi connectivity index (χ1) is 11.6. The van der Waals surface area contributed by atoms with E-state index >= 15 is 0 Å².